The van der Waals surface area contributed by atoms with E-state index in [0.29, 0.717) is 25.4 Å². The third-order valence-electron chi connectivity index (χ3n) is 4.55. The number of hydrogen-bond donors (Lipinski definition) is 0. The van der Waals surface area contributed by atoms with Crippen LogP contribution in [0.2, 0.25) is 0 Å². The largest absolute Gasteiger partial charge is 0.492 e. The number of nitro groups is 1. The fourth-order valence-corrected chi connectivity index (χ4v) is 3.89. The molecule has 0 saturated carbocycles. The lowest BCUT2D eigenvalue weighted by Gasteiger charge is -2.36. The number of thioether (sulfide) groups is 1. The molecule has 1 aliphatic heterocycles. The molecule has 0 bridgehead atoms. The number of piperazine rings is 1. The van der Waals surface area contributed by atoms with Gasteiger partial charge in [0.1, 0.15) is 5.75 Å². The quantitative estimate of drug-likeness (QED) is 0.402. The summed E-state index contributed by atoms with van der Waals surface area (Å²) in [6.07, 6.45) is 0. The van der Waals surface area contributed by atoms with Crippen molar-refractivity contribution in [1.82, 2.24) is 4.90 Å². The molecule has 0 unspecified atom stereocenters. The van der Waals surface area contributed by atoms with E-state index in [0.717, 1.165) is 29.4 Å². The van der Waals surface area contributed by atoms with Crippen molar-refractivity contribution in [3.8, 4) is 5.75 Å². The second-order valence-corrected chi connectivity index (χ2v) is 7.36. The predicted molar refractivity (Wildman–Crippen MR) is 110 cm³/mol. The van der Waals surface area contributed by atoms with E-state index in [9.17, 15) is 14.9 Å². The highest BCUT2D eigenvalue weighted by molar-refractivity contribution is 8.00. The zero-order chi connectivity index (χ0) is 19.9. The molecule has 0 radical (unpaired) electrons. The molecule has 8 heteroatoms. The standard InChI is InChI=1S/C20H23N3O4S/c1-2-27-19-6-4-3-5-18(19)21-11-13-22(14-12-21)20(24)15-28-17-9-7-16(8-10-17)23(25)26/h3-10H,2,11-15H2,1H3. The van der Waals surface area contributed by atoms with Crippen LogP contribution in [0.4, 0.5) is 11.4 Å². The first-order valence-corrected chi connectivity index (χ1v) is 10.2. The Morgan fingerprint density at radius 1 is 1.11 bits per heavy atom. The Kier molecular flexibility index (Phi) is 6.76. The van der Waals surface area contributed by atoms with Gasteiger partial charge in [-0.05, 0) is 31.2 Å². The summed E-state index contributed by atoms with van der Waals surface area (Å²) in [7, 11) is 0. The van der Waals surface area contributed by atoms with Gasteiger partial charge in [-0.25, -0.2) is 0 Å². The lowest BCUT2D eigenvalue weighted by molar-refractivity contribution is -0.384. The molecule has 0 spiro atoms. The average molecular weight is 401 g/mol. The summed E-state index contributed by atoms with van der Waals surface area (Å²) in [5, 5.41) is 10.7. The first kappa shape index (κ1) is 20.0. The molecule has 3 rings (SSSR count). The molecule has 1 heterocycles. The van der Waals surface area contributed by atoms with Crippen LogP contribution in [0.3, 0.4) is 0 Å². The number of non-ortho nitro benzene ring substituents is 1. The van der Waals surface area contributed by atoms with Crippen molar-refractivity contribution < 1.29 is 14.5 Å². The Morgan fingerprint density at radius 3 is 2.43 bits per heavy atom. The van der Waals surface area contributed by atoms with E-state index in [4.69, 9.17) is 4.74 Å². The Hall–Kier alpha value is -2.74. The average Bonchev–Trinajstić information content (AvgIpc) is 2.73. The van der Waals surface area contributed by atoms with Crippen LogP contribution in [0.15, 0.2) is 53.4 Å². The Labute approximate surface area is 168 Å². The van der Waals surface area contributed by atoms with Gasteiger partial charge in [0, 0.05) is 43.2 Å². The van der Waals surface area contributed by atoms with Gasteiger partial charge in [-0.2, -0.15) is 0 Å². The maximum Gasteiger partial charge on any atom is 0.269 e. The van der Waals surface area contributed by atoms with Gasteiger partial charge in [0.2, 0.25) is 5.91 Å². The van der Waals surface area contributed by atoms with Crippen molar-refractivity contribution in [2.45, 2.75) is 11.8 Å². The van der Waals surface area contributed by atoms with E-state index in [1.807, 2.05) is 36.1 Å². The van der Waals surface area contributed by atoms with Gasteiger partial charge in [-0.15, -0.1) is 11.8 Å². The van der Waals surface area contributed by atoms with Crippen molar-refractivity contribution in [2.24, 2.45) is 0 Å². The van der Waals surface area contributed by atoms with E-state index in [2.05, 4.69) is 4.90 Å². The maximum absolute atomic E-state index is 12.5. The maximum atomic E-state index is 12.5. The SMILES string of the molecule is CCOc1ccccc1N1CCN(C(=O)CSc2ccc([N+](=O)[O-])cc2)CC1. The highest BCUT2D eigenvalue weighted by Gasteiger charge is 2.23. The fraction of sp³-hybridized carbons (Fsp3) is 0.350. The number of carbonyl (C=O) groups is 1. The summed E-state index contributed by atoms with van der Waals surface area (Å²) in [5.74, 6) is 1.28. The Balaban J connectivity index is 1.50. The lowest BCUT2D eigenvalue weighted by Crippen LogP contribution is -2.49. The second kappa shape index (κ2) is 9.45. The molecule has 1 aliphatic rings. The van der Waals surface area contributed by atoms with E-state index in [-0.39, 0.29) is 11.6 Å². The van der Waals surface area contributed by atoms with Gasteiger partial charge in [0.25, 0.3) is 5.69 Å². The number of amides is 1. The minimum atomic E-state index is -0.428. The van der Waals surface area contributed by atoms with Crippen molar-refractivity contribution in [3.63, 3.8) is 0 Å². The molecule has 0 aliphatic carbocycles. The van der Waals surface area contributed by atoms with Crippen molar-refractivity contribution in [2.75, 3.05) is 43.4 Å². The number of nitrogens with zero attached hydrogens (tertiary/aromatic N) is 3. The van der Waals surface area contributed by atoms with Crippen LogP contribution >= 0.6 is 11.8 Å². The summed E-state index contributed by atoms with van der Waals surface area (Å²) < 4.78 is 5.71. The normalized spacial score (nSPS) is 14.0. The fourth-order valence-electron chi connectivity index (χ4n) is 3.09. The smallest absolute Gasteiger partial charge is 0.269 e. The van der Waals surface area contributed by atoms with Gasteiger partial charge >= 0.3 is 0 Å². The van der Waals surface area contributed by atoms with Gasteiger partial charge in [0.15, 0.2) is 0 Å². The number of nitro benzene ring substituents is 1. The lowest BCUT2D eigenvalue weighted by atomic mass is 10.2. The number of rotatable bonds is 7. The molecular weight excluding hydrogens is 378 g/mol. The highest BCUT2D eigenvalue weighted by Crippen LogP contribution is 2.29. The monoisotopic (exact) mass is 401 g/mol. The Morgan fingerprint density at radius 2 is 1.79 bits per heavy atom. The van der Waals surface area contributed by atoms with Crippen molar-refractivity contribution in [3.05, 3.63) is 58.6 Å². The zero-order valence-corrected chi connectivity index (χ0v) is 16.6. The first-order chi connectivity index (χ1) is 13.6. The van der Waals surface area contributed by atoms with E-state index >= 15 is 0 Å². The van der Waals surface area contributed by atoms with Crippen LogP contribution in [-0.2, 0) is 4.79 Å². The van der Waals surface area contributed by atoms with E-state index < -0.39 is 4.92 Å². The first-order valence-electron chi connectivity index (χ1n) is 9.20. The van der Waals surface area contributed by atoms with E-state index in [1.165, 1.54) is 23.9 Å². The number of ether oxygens (including phenoxy) is 1. The molecule has 0 atom stereocenters. The topological polar surface area (TPSA) is 75.9 Å². The third-order valence-corrected chi connectivity index (χ3v) is 5.54. The molecule has 1 fully saturated rings. The van der Waals surface area contributed by atoms with Crippen molar-refractivity contribution in [1.29, 1.82) is 0 Å². The third kappa shape index (κ3) is 4.95. The van der Waals surface area contributed by atoms with Crippen LogP contribution < -0.4 is 9.64 Å². The summed E-state index contributed by atoms with van der Waals surface area (Å²) in [5.41, 5.74) is 1.12. The molecular formula is C20H23N3O4S. The van der Waals surface area contributed by atoms with Crippen LogP contribution in [0, 0.1) is 10.1 Å². The van der Waals surface area contributed by atoms with Crippen LogP contribution in [-0.4, -0.2) is 54.3 Å². The molecule has 28 heavy (non-hydrogen) atoms. The van der Waals surface area contributed by atoms with Crippen LogP contribution in [0.5, 0.6) is 5.75 Å². The van der Waals surface area contributed by atoms with Crippen molar-refractivity contribution >= 4 is 29.0 Å². The zero-order valence-electron chi connectivity index (χ0n) is 15.7. The van der Waals surface area contributed by atoms with Gasteiger partial charge < -0.3 is 14.5 Å². The van der Waals surface area contributed by atoms with Gasteiger partial charge in [-0.1, -0.05) is 12.1 Å². The van der Waals surface area contributed by atoms with Crippen LogP contribution in [0.25, 0.3) is 0 Å². The molecule has 0 N–H and O–H groups in total. The number of carbonyl (C=O) groups excluding carboxylic acids is 1. The molecule has 148 valence electrons. The molecule has 1 saturated heterocycles. The molecule has 0 aromatic heterocycles. The highest BCUT2D eigenvalue weighted by atomic mass is 32.2. The number of hydrogen-bond acceptors (Lipinski definition) is 6. The molecule has 2 aromatic carbocycles. The summed E-state index contributed by atoms with van der Waals surface area (Å²) in [6, 6.07) is 14.3. The van der Waals surface area contributed by atoms with E-state index in [1.54, 1.807) is 12.1 Å². The molecule has 2 aromatic rings. The summed E-state index contributed by atoms with van der Waals surface area (Å²) in [4.78, 5) is 27.8. The second-order valence-electron chi connectivity index (χ2n) is 6.31. The predicted octanol–water partition coefficient (Wildman–Crippen LogP) is 3.43. The minimum absolute atomic E-state index is 0.0548. The van der Waals surface area contributed by atoms with Crippen LogP contribution in [0.1, 0.15) is 6.92 Å². The van der Waals surface area contributed by atoms with Gasteiger partial charge in [-0.3, -0.25) is 14.9 Å². The number of anilines is 1. The Bertz CT molecular complexity index is 820. The molecule has 7 nitrogen and oxygen atoms in total. The number of para-hydroxylation sites is 2. The number of benzene rings is 2. The summed E-state index contributed by atoms with van der Waals surface area (Å²) in [6.45, 7) is 5.45. The minimum Gasteiger partial charge on any atom is -0.492 e. The van der Waals surface area contributed by atoms with Gasteiger partial charge in [0.05, 0.1) is 23.0 Å². The summed E-state index contributed by atoms with van der Waals surface area (Å²) >= 11 is 1.40. The molecule has 1 amide bonds.